The van der Waals surface area contributed by atoms with Crippen LogP contribution in [-0.2, 0) is 10.2 Å². The zero-order valence-electron chi connectivity index (χ0n) is 20.1. The first-order valence-corrected chi connectivity index (χ1v) is 11.8. The van der Waals surface area contributed by atoms with E-state index < -0.39 is 0 Å². The van der Waals surface area contributed by atoms with E-state index in [9.17, 15) is 4.79 Å². The summed E-state index contributed by atoms with van der Waals surface area (Å²) in [6, 6.07) is 18.2. The molecule has 0 N–H and O–H groups in total. The largest absolute Gasteiger partial charge is 0.497 e. The zero-order valence-corrected chi connectivity index (χ0v) is 20.1. The summed E-state index contributed by atoms with van der Waals surface area (Å²) >= 11 is 0. The highest BCUT2D eigenvalue weighted by Crippen LogP contribution is 2.51. The number of amides is 1. The van der Waals surface area contributed by atoms with E-state index in [2.05, 4.69) is 29.7 Å². The molecule has 1 saturated carbocycles. The molecule has 4 rings (SSSR count). The summed E-state index contributed by atoms with van der Waals surface area (Å²) in [6.07, 6.45) is 4.82. The molecule has 5 nitrogen and oxygen atoms in total. The van der Waals surface area contributed by atoms with Gasteiger partial charge in [0.1, 0.15) is 5.75 Å². The van der Waals surface area contributed by atoms with Crippen LogP contribution in [0.5, 0.6) is 5.75 Å². The van der Waals surface area contributed by atoms with Gasteiger partial charge >= 0.3 is 0 Å². The second kappa shape index (κ2) is 10.1. The van der Waals surface area contributed by atoms with Gasteiger partial charge in [-0.05, 0) is 55.6 Å². The lowest BCUT2D eigenvalue weighted by Gasteiger charge is -2.56. The van der Waals surface area contributed by atoms with Crippen molar-refractivity contribution in [3.63, 3.8) is 0 Å². The highest BCUT2D eigenvalue weighted by atomic mass is 16.5. The van der Waals surface area contributed by atoms with Gasteiger partial charge in [-0.3, -0.25) is 9.69 Å². The Morgan fingerprint density at radius 2 is 2.00 bits per heavy atom. The number of methoxy groups -OCH3 is 2. The van der Waals surface area contributed by atoms with Crippen LogP contribution < -0.4 is 4.74 Å². The number of benzene rings is 2. The molecular formula is C28H36N2O3. The number of rotatable bonds is 7. The zero-order chi connectivity index (χ0) is 23.4. The van der Waals surface area contributed by atoms with Gasteiger partial charge in [-0.25, -0.2) is 0 Å². The van der Waals surface area contributed by atoms with Gasteiger partial charge in [0.15, 0.2) is 0 Å². The molecule has 2 aliphatic rings. The number of hydrogen-bond donors (Lipinski definition) is 0. The van der Waals surface area contributed by atoms with Crippen molar-refractivity contribution in [3.8, 4) is 5.75 Å². The smallest absolute Gasteiger partial charge is 0.253 e. The summed E-state index contributed by atoms with van der Waals surface area (Å²) in [5.74, 6) is 1.28. The molecule has 33 heavy (non-hydrogen) atoms. The minimum atomic E-state index is -0.0823. The first-order valence-electron chi connectivity index (χ1n) is 11.8. The fraction of sp³-hybridized carbons (Fsp3) is 0.464. The summed E-state index contributed by atoms with van der Waals surface area (Å²) in [5.41, 5.74) is 1.94. The molecule has 2 aromatic rings. The molecule has 1 amide bonds. The molecule has 0 bridgehead atoms. The van der Waals surface area contributed by atoms with Crippen molar-refractivity contribution < 1.29 is 14.3 Å². The predicted molar refractivity (Wildman–Crippen MR) is 132 cm³/mol. The minimum Gasteiger partial charge on any atom is -0.497 e. The highest BCUT2D eigenvalue weighted by molar-refractivity contribution is 5.94. The van der Waals surface area contributed by atoms with E-state index >= 15 is 0 Å². The van der Waals surface area contributed by atoms with E-state index in [0.717, 1.165) is 50.2 Å². The van der Waals surface area contributed by atoms with Crippen molar-refractivity contribution >= 4 is 5.91 Å². The fourth-order valence-electron chi connectivity index (χ4n) is 6.01. The molecule has 2 fully saturated rings. The number of likely N-dealkylation sites (tertiary alicyclic amines) is 1. The SMILES string of the molecule is C=CCN1CC[C@@]2(c3cccc(OC)c3)C[C@H](N(C)C(=O)c3ccccc3)CC(OC)[C@@H]2C1. The second-order valence-electron chi connectivity index (χ2n) is 9.44. The Balaban J connectivity index is 1.71. The highest BCUT2D eigenvalue weighted by Gasteiger charge is 2.53. The van der Waals surface area contributed by atoms with E-state index in [1.165, 1.54) is 5.56 Å². The lowest BCUT2D eigenvalue weighted by atomic mass is 9.56. The van der Waals surface area contributed by atoms with Gasteiger partial charge in [0.25, 0.3) is 5.91 Å². The third kappa shape index (κ3) is 4.57. The molecule has 1 heterocycles. The van der Waals surface area contributed by atoms with Crippen LogP contribution in [0.1, 0.15) is 35.2 Å². The summed E-state index contributed by atoms with van der Waals surface area (Å²) in [5, 5.41) is 0. The number of nitrogens with zero attached hydrogens (tertiary/aromatic N) is 2. The third-order valence-corrected chi connectivity index (χ3v) is 7.82. The van der Waals surface area contributed by atoms with E-state index in [0.29, 0.717) is 5.92 Å². The topological polar surface area (TPSA) is 42.0 Å². The van der Waals surface area contributed by atoms with Crippen LogP contribution in [0.3, 0.4) is 0 Å². The van der Waals surface area contributed by atoms with Gasteiger partial charge in [-0.2, -0.15) is 0 Å². The molecule has 1 unspecified atom stereocenters. The van der Waals surface area contributed by atoms with Crippen LogP contribution in [0.25, 0.3) is 0 Å². The van der Waals surface area contributed by atoms with Crippen molar-refractivity contribution in [2.75, 3.05) is 40.9 Å². The molecule has 2 aromatic carbocycles. The Morgan fingerprint density at radius 3 is 2.70 bits per heavy atom. The number of hydrogen-bond acceptors (Lipinski definition) is 4. The Bertz CT molecular complexity index is 963. The number of piperidine rings is 1. The Labute approximate surface area is 198 Å². The van der Waals surface area contributed by atoms with E-state index in [-0.39, 0.29) is 23.5 Å². The molecule has 176 valence electrons. The molecule has 1 aliphatic heterocycles. The first kappa shape index (κ1) is 23.5. The van der Waals surface area contributed by atoms with E-state index in [1.807, 2.05) is 61.5 Å². The Morgan fingerprint density at radius 1 is 1.21 bits per heavy atom. The fourth-order valence-corrected chi connectivity index (χ4v) is 6.01. The molecule has 5 heteroatoms. The normalized spacial score (nSPS) is 27.4. The first-order chi connectivity index (χ1) is 16.0. The van der Waals surface area contributed by atoms with Crippen LogP contribution in [0.15, 0.2) is 67.3 Å². The minimum absolute atomic E-state index is 0.0635. The van der Waals surface area contributed by atoms with Gasteiger partial charge in [0.2, 0.25) is 0 Å². The van der Waals surface area contributed by atoms with E-state index in [1.54, 1.807) is 7.11 Å². The molecule has 4 atom stereocenters. The molecule has 1 saturated heterocycles. The average molecular weight is 449 g/mol. The number of fused-ring (bicyclic) bond motifs is 1. The van der Waals surface area contributed by atoms with E-state index in [4.69, 9.17) is 9.47 Å². The standard InChI is InChI=1S/C28H36N2O3/c1-5-15-30-16-14-28(22-12-9-13-24(17-22)32-3)19-23(18-26(33-4)25(28)20-30)29(2)27(31)21-10-7-6-8-11-21/h5-13,17,23,25-26H,1,14-16,18-20H2,2-4H3/t23-,25+,26?,28+/m1/s1. The van der Waals surface area contributed by atoms with Gasteiger partial charge in [-0.15, -0.1) is 6.58 Å². The maximum atomic E-state index is 13.3. The molecule has 0 spiro atoms. The van der Waals surface area contributed by atoms with Crippen LogP contribution in [0.4, 0.5) is 0 Å². The Hall–Kier alpha value is -2.63. The molecular weight excluding hydrogens is 412 g/mol. The quantitative estimate of drug-likeness (QED) is 0.589. The van der Waals surface area contributed by atoms with Crippen molar-refractivity contribution in [2.45, 2.75) is 36.8 Å². The predicted octanol–water partition coefficient (Wildman–Crippen LogP) is 4.39. The summed E-state index contributed by atoms with van der Waals surface area (Å²) < 4.78 is 11.7. The van der Waals surface area contributed by atoms with Gasteiger partial charge in [0, 0.05) is 50.2 Å². The van der Waals surface area contributed by atoms with Crippen molar-refractivity contribution in [3.05, 3.63) is 78.4 Å². The van der Waals surface area contributed by atoms with Gasteiger partial charge in [0.05, 0.1) is 13.2 Å². The number of carbonyl (C=O) groups is 1. The summed E-state index contributed by atoms with van der Waals surface area (Å²) in [7, 11) is 5.48. The van der Waals surface area contributed by atoms with Crippen molar-refractivity contribution in [1.29, 1.82) is 0 Å². The van der Waals surface area contributed by atoms with Crippen molar-refractivity contribution in [2.24, 2.45) is 5.92 Å². The van der Waals surface area contributed by atoms with Crippen LogP contribution >= 0.6 is 0 Å². The summed E-state index contributed by atoms with van der Waals surface area (Å²) in [6.45, 7) is 6.79. The van der Waals surface area contributed by atoms with Gasteiger partial charge < -0.3 is 14.4 Å². The maximum Gasteiger partial charge on any atom is 0.253 e. The van der Waals surface area contributed by atoms with Crippen LogP contribution in [-0.4, -0.2) is 68.8 Å². The maximum absolute atomic E-state index is 13.3. The van der Waals surface area contributed by atoms with Crippen LogP contribution in [0.2, 0.25) is 0 Å². The Kier molecular flexibility index (Phi) is 7.20. The number of ether oxygens (including phenoxy) is 2. The lowest BCUT2D eigenvalue weighted by molar-refractivity contribution is -0.0772. The average Bonchev–Trinajstić information content (AvgIpc) is 2.87. The van der Waals surface area contributed by atoms with Crippen LogP contribution in [0, 0.1) is 5.92 Å². The lowest BCUT2D eigenvalue weighted by Crippen LogP contribution is -2.61. The number of carbonyl (C=O) groups excluding carboxylic acids is 1. The molecule has 1 aliphatic carbocycles. The molecule has 0 aromatic heterocycles. The molecule has 0 radical (unpaired) electrons. The third-order valence-electron chi connectivity index (χ3n) is 7.82. The monoisotopic (exact) mass is 448 g/mol. The summed E-state index contributed by atoms with van der Waals surface area (Å²) in [4.78, 5) is 17.7. The van der Waals surface area contributed by atoms with Gasteiger partial charge in [-0.1, -0.05) is 36.4 Å². The van der Waals surface area contributed by atoms with Crippen molar-refractivity contribution in [1.82, 2.24) is 9.80 Å². The second-order valence-corrected chi connectivity index (χ2v) is 9.44.